The third kappa shape index (κ3) is 2.78. The fourth-order valence-corrected chi connectivity index (χ4v) is 3.45. The third-order valence-electron chi connectivity index (χ3n) is 4.43. The molecule has 0 spiro atoms. The average molecular weight is 335 g/mol. The first-order valence-electron chi connectivity index (χ1n) is 8.47. The molecule has 0 N–H and O–H groups in total. The molecule has 3 aromatic rings. The summed E-state index contributed by atoms with van der Waals surface area (Å²) >= 11 is 0. The Hall–Kier alpha value is -2.75. The van der Waals surface area contributed by atoms with Crippen molar-refractivity contribution >= 4 is 17.1 Å². The van der Waals surface area contributed by atoms with Gasteiger partial charge in [0.2, 0.25) is 0 Å². The van der Waals surface area contributed by atoms with E-state index in [1.54, 1.807) is 11.2 Å². The maximum atomic E-state index is 12.9. The second kappa shape index (κ2) is 5.66. The molecule has 0 fully saturated rings. The van der Waals surface area contributed by atoms with Crippen LogP contribution in [0.25, 0.3) is 11.0 Å². The number of nitrogens with zero attached hydrogens (tertiary/aromatic N) is 1. The fraction of sp³-hybridized carbons (Fsp3) is 0.286. The van der Waals surface area contributed by atoms with Crippen molar-refractivity contribution in [1.82, 2.24) is 4.90 Å². The topological polar surface area (TPSA) is 42.7 Å². The van der Waals surface area contributed by atoms with Gasteiger partial charge in [-0.2, -0.15) is 0 Å². The van der Waals surface area contributed by atoms with E-state index in [2.05, 4.69) is 12.1 Å². The molecule has 0 bridgehead atoms. The Labute approximate surface area is 147 Å². The lowest BCUT2D eigenvalue weighted by Gasteiger charge is -2.29. The molecule has 4 heteroatoms. The standard InChI is InChI=1S/C21H21NO3/c1-21(2,3)25-20(23)22-13-15-7-4-5-9-16(15)18(22)17-10-6-8-14-11-12-24-19(14)17/h4-12,18H,13H2,1-3H3. The van der Waals surface area contributed by atoms with E-state index < -0.39 is 5.60 Å². The van der Waals surface area contributed by atoms with E-state index in [1.165, 1.54) is 0 Å². The van der Waals surface area contributed by atoms with Crippen molar-refractivity contribution < 1.29 is 13.9 Å². The van der Waals surface area contributed by atoms with Gasteiger partial charge >= 0.3 is 6.09 Å². The zero-order valence-corrected chi connectivity index (χ0v) is 14.7. The molecule has 128 valence electrons. The molecule has 1 amide bonds. The third-order valence-corrected chi connectivity index (χ3v) is 4.43. The van der Waals surface area contributed by atoms with E-state index in [4.69, 9.17) is 9.15 Å². The number of carbonyl (C=O) groups is 1. The van der Waals surface area contributed by atoms with Crippen LogP contribution in [0.5, 0.6) is 0 Å². The lowest BCUT2D eigenvalue weighted by molar-refractivity contribution is 0.0203. The SMILES string of the molecule is CC(C)(C)OC(=O)N1Cc2ccccc2C1c1cccc2ccoc12. The van der Waals surface area contributed by atoms with Crippen LogP contribution < -0.4 is 0 Å². The smallest absolute Gasteiger partial charge is 0.411 e. The highest BCUT2D eigenvalue weighted by atomic mass is 16.6. The summed E-state index contributed by atoms with van der Waals surface area (Å²) in [5.41, 5.74) is 3.53. The van der Waals surface area contributed by atoms with E-state index in [-0.39, 0.29) is 12.1 Å². The van der Waals surface area contributed by atoms with Gasteiger partial charge in [0, 0.05) is 10.9 Å². The van der Waals surface area contributed by atoms with Crippen molar-refractivity contribution in [3.8, 4) is 0 Å². The summed E-state index contributed by atoms with van der Waals surface area (Å²) in [6.45, 7) is 6.19. The van der Waals surface area contributed by atoms with Crippen molar-refractivity contribution in [1.29, 1.82) is 0 Å². The lowest BCUT2D eigenvalue weighted by atomic mass is 9.97. The Morgan fingerprint density at radius 2 is 1.84 bits per heavy atom. The molecular weight excluding hydrogens is 314 g/mol. The van der Waals surface area contributed by atoms with Gasteiger partial charge in [0.25, 0.3) is 0 Å². The van der Waals surface area contributed by atoms with Gasteiger partial charge in [0.05, 0.1) is 18.8 Å². The van der Waals surface area contributed by atoms with Crippen LogP contribution in [-0.2, 0) is 11.3 Å². The average Bonchev–Trinajstić information content (AvgIpc) is 3.17. The summed E-state index contributed by atoms with van der Waals surface area (Å²) in [4.78, 5) is 14.6. The molecule has 1 aromatic heterocycles. The van der Waals surface area contributed by atoms with Crippen LogP contribution >= 0.6 is 0 Å². The van der Waals surface area contributed by atoms with Gasteiger partial charge in [-0.15, -0.1) is 0 Å². The monoisotopic (exact) mass is 335 g/mol. The molecule has 2 heterocycles. The van der Waals surface area contributed by atoms with Crippen LogP contribution in [-0.4, -0.2) is 16.6 Å². The van der Waals surface area contributed by atoms with E-state index in [1.807, 2.05) is 57.2 Å². The van der Waals surface area contributed by atoms with Gasteiger partial charge in [-0.25, -0.2) is 4.79 Å². The number of fused-ring (bicyclic) bond motifs is 2. The maximum Gasteiger partial charge on any atom is 0.411 e. The number of hydrogen-bond donors (Lipinski definition) is 0. The molecule has 1 aliphatic rings. The van der Waals surface area contributed by atoms with E-state index in [0.29, 0.717) is 6.54 Å². The van der Waals surface area contributed by atoms with Crippen molar-refractivity contribution in [2.75, 3.05) is 0 Å². The Kier molecular flexibility index (Phi) is 3.57. The Bertz CT molecular complexity index is 935. The largest absolute Gasteiger partial charge is 0.464 e. The zero-order valence-electron chi connectivity index (χ0n) is 14.7. The number of ether oxygens (including phenoxy) is 1. The van der Waals surface area contributed by atoms with E-state index >= 15 is 0 Å². The number of rotatable bonds is 1. The Morgan fingerprint density at radius 1 is 1.08 bits per heavy atom. The van der Waals surface area contributed by atoms with Crippen molar-refractivity contribution in [2.45, 2.75) is 39.0 Å². The van der Waals surface area contributed by atoms with Crippen molar-refractivity contribution in [3.63, 3.8) is 0 Å². The number of benzene rings is 2. The summed E-state index contributed by atoms with van der Waals surface area (Å²) in [6, 6.07) is 15.9. The van der Waals surface area contributed by atoms with Crippen LogP contribution in [0.2, 0.25) is 0 Å². The Balaban J connectivity index is 1.83. The predicted octanol–water partition coefficient (Wildman–Crippen LogP) is 5.27. The summed E-state index contributed by atoms with van der Waals surface area (Å²) < 4.78 is 11.4. The van der Waals surface area contributed by atoms with Crippen LogP contribution in [0.3, 0.4) is 0 Å². The molecule has 0 saturated heterocycles. The minimum atomic E-state index is -0.535. The summed E-state index contributed by atoms with van der Waals surface area (Å²) in [5.74, 6) is 0. The van der Waals surface area contributed by atoms with Crippen molar-refractivity contribution in [3.05, 3.63) is 71.5 Å². The van der Waals surface area contributed by atoms with Crippen LogP contribution in [0.1, 0.15) is 43.5 Å². The molecule has 25 heavy (non-hydrogen) atoms. The molecule has 1 unspecified atom stereocenters. The number of furan rings is 1. The van der Waals surface area contributed by atoms with Gasteiger partial charge < -0.3 is 9.15 Å². The van der Waals surface area contributed by atoms with Gasteiger partial charge in [-0.05, 0) is 38.0 Å². The second-order valence-electron chi connectivity index (χ2n) is 7.40. The molecule has 0 aliphatic carbocycles. The normalized spacial score (nSPS) is 16.9. The van der Waals surface area contributed by atoms with Crippen molar-refractivity contribution in [2.24, 2.45) is 0 Å². The number of amides is 1. The van der Waals surface area contributed by atoms with E-state index in [0.717, 1.165) is 27.7 Å². The first-order valence-corrected chi connectivity index (χ1v) is 8.47. The van der Waals surface area contributed by atoms with Crippen LogP contribution in [0, 0.1) is 0 Å². The van der Waals surface area contributed by atoms with Gasteiger partial charge in [-0.3, -0.25) is 4.90 Å². The summed E-state index contributed by atoms with van der Waals surface area (Å²) in [5, 5.41) is 1.03. The minimum Gasteiger partial charge on any atom is -0.464 e. The highest BCUT2D eigenvalue weighted by Gasteiger charge is 2.38. The molecule has 1 atom stereocenters. The quantitative estimate of drug-likeness (QED) is 0.608. The molecular formula is C21H21NO3. The first kappa shape index (κ1) is 15.8. The number of para-hydroxylation sites is 1. The predicted molar refractivity (Wildman–Crippen MR) is 96.3 cm³/mol. The molecule has 1 aliphatic heterocycles. The van der Waals surface area contributed by atoms with Crippen LogP contribution in [0.4, 0.5) is 4.79 Å². The highest BCUT2D eigenvalue weighted by molar-refractivity contribution is 5.82. The molecule has 0 saturated carbocycles. The van der Waals surface area contributed by atoms with Gasteiger partial charge in [0.15, 0.2) is 0 Å². The Morgan fingerprint density at radius 3 is 2.64 bits per heavy atom. The highest BCUT2D eigenvalue weighted by Crippen LogP contribution is 2.41. The molecule has 4 rings (SSSR count). The summed E-state index contributed by atoms with van der Waals surface area (Å²) in [7, 11) is 0. The number of hydrogen-bond acceptors (Lipinski definition) is 3. The second-order valence-corrected chi connectivity index (χ2v) is 7.40. The van der Waals surface area contributed by atoms with Gasteiger partial charge in [-0.1, -0.05) is 42.5 Å². The fourth-order valence-electron chi connectivity index (χ4n) is 3.45. The minimum absolute atomic E-state index is 0.208. The molecule has 0 radical (unpaired) electrons. The van der Waals surface area contributed by atoms with E-state index in [9.17, 15) is 4.79 Å². The number of carbonyl (C=O) groups excluding carboxylic acids is 1. The lowest BCUT2D eigenvalue weighted by Crippen LogP contribution is -2.36. The zero-order chi connectivity index (χ0) is 17.6. The summed E-state index contributed by atoms with van der Waals surface area (Å²) in [6.07, 6.45) is 1.38. The first-order chi connectivity index (χ1) is 11.9. The van der Waals surface area contributed by atoms with Crippen LogP contribution in [0.15, 0.2) is 59.2 Å². The molecule has 4 nitrogen and oxygen atoms in total. The molecule has 2 aromatic carbocycles. The maximum absolute atomic E-state index is 12.9. The van der Waals surface area contributed by atoms with Gasteiger partial charge in [0.1, 0.15) is 11.2 Å².